The summed E-state index contributed by atoms with van der Waals surface area (Å²) in [6.45, 7) is 11.4. The molecule has 0 bridgehead atoms. The van der Waals surface area contributed by atoms with E-state index in [4.69, 9.17) is 9.84 Å². The van der Waals surface area contributed by atoms with Gasteiger partial charge in [0.1, 0.15) is 5.60 Å². The summed E-state index contributed by atoms with van der Waals surface area (Å²) in [5, 5.41) is 8.66. The van der Waals surface area contributed by atoms with Gasteiger partial charge in [-0.25, -0.2) is 14.4 Å². The maximum absolute atomic E-state index is 13.0. The van der Waals surface area contributed by atoms with Gasteiger partial charge in [0.25, 0.3) is 0 Å². The largest absolute Gasteiger partial charge is 0.478 e. The standard InChI is InChI=1S/C27H36N4O3.C9H10O2/c1-27(2,3)34-26(33)30(19-20-10-6-5-7-11-20)17-15-21-18-22(14-16-29(21)4)31-24-13-9-8-12-23(24)28-25(31)32;1-6-3-4-8(9(10)11)7(2)5-6/h5-13,21-22H,14-19H2,1-4H3,(H,28,32);3-5H,1-2H3,(H,10,11). The Bertz CT molecular complexity index is 1650. The molecule has 1 saturated heterocycles. The number of likely N-dealkylation sites (tertiary alicyclic amines) is 1. The number of carbonyl (C=O) groups is 2. The highest BCUT2D eigenvalue weighted by Gasteiger charge is 2.30. The van der Waals surface area contributed by atoms with Crippen molar-refractivity contribution in [1.82, 2.24) is 19.4 Å². The van der Waals surface area contributed by atoms with Gasteiger partial charge in [0.15, 0.2) is 0 Å². The van der Waals surface area contributed by atoms with Crippen LogP contribution in [-0.2, 0) is 11.3 Å². The number of fused-ring (bicyclic) bond motifs is 1. The number of imidazole rings is 1. The number of hydrogen-bond acceptors (Lipinski definition) is 5. The Balaban J connectivity index is 0.000000354. The van der Waals surface area contributed by atoms with Crippen molar-refractivity contribution in [2.75, 3.05) is 20.1 Å². The number of para-hydroxylation sites is 2. The molecule has 9 nitrogen and oxygen atoms in total. The van der Waals surface area contributed by atoms with E-state index in [1.54, 1.807) is 24.0 Å². The third-order valence-corrected chi connectivity index (χ3v) is 8.18. The van der Waals surface area contributed by atoms with Crippen LogP contribution in [0.3, 0.4) is 0 Å². The molecule has 240 valence electrons. The number of aromatic nitrogens is 2. The fourth-order valence-electron chi connectivity index (χ4n) is 5.88. The number of carboxylic acids is 1. The lowest BCUT2D eigenvalue weighted by Crippen LogP contribution is -2.44. The number of aryl methyl sites for hydroxylation is 2. The maximum Gasteiger partial charge on any atom is 0.410 e. The van der Waals surface area contributed by atoms with Gasteiger partial charge in [-0.3, -0.25) is 4.57 Å². The molecule has 1 aliphatic heterocycles. The summed E-state index contributed by atoms with van der Waals surface area (Å²) >= 11 is 0. The number of ether oxygens (including phenoxy) is 1. The van der Waals surface area contributed by atoms with Crippen LogP contribution in [0.15, 0.2) is 77.6 Å². The smallest absolute Gasteiger partial charge is 0.410 e. The van der Waals surface area contributed by atoms with Crippen molar-refractivity contribution in [3.05, 3.63) is 106 Å². The SMILES string of the molecule is CN1CCC(n2c(=O)[nH]c3ccccc32)CC1CCN(Cc1ccccc1)C(=O)OC(C)(C)C.Cc1ccc(C(=O)O)c(C)c1. The predicted molar refractivity (Wildman–Crippen MR) is 178 cm³/mol. The predicted octanol–water partition coefficient (Wildman–Crippen LogP) is 6.79. The Morgan fingerprint density at radius 3 is 2.38 bits per heavy atom. The molecule has 5 rings (SSSR count). The number of carboxylic acid groups (broad SMARTS) is 1. The molecule has 0 spiro atoms. The Morgan fingerprint density at radius 2 is 1.71 bits per heavy atom. The summed E-state index contributed by atoms with van der Waals surface area (Å²) < 4.78 is 7.63. The van der Waals surface area contributed by atoms with Crippen LogP contribution in [0, 0.1) is 13.8 Å². The van der Waals surface area contributed by atoms with Crippen LogP contribution in [0.2, 0.25) is 0 Å². The van der Waals surface area contributed by atoms with Crippen molar-refractivity contribution >= 4 is 23.1 Å². The molecule has 1 aromatic heterocycles. The summed E-state index contributed by atoms with van der Waals surface area (Å²) in [5.41, 5.74) is 4.61. The first-order valence-corrected chi connectivity index (χ1v) is 15.5. The molecule has 9 heteroatoms. The van der Waals surface area contributed by atoms with E-state index in [0.29, 0.717) is 18.7 Å². The summed E-state index contributed by atoms with van der Waals surface area (Å²) in [7, 11) is 2.13. The van der Waals surface area contributed by atoms with Gasteiger partial charge in [-0.05, 0) is 90.3 Å². The number of piperidine rings is 1. The topological polar surface area (TPSA) is 108 Å². The summed E-state index contributed by atoms with van der Waals surface area (Å²) in [6, 6.07) is 23.6. The van der Waals surface area contributed by atoms with Gasteiger partial charge in [0, 0.05) is 31.7 Å². The molecule has 2 atom stereocenters. The second kappa shape index (κ2) is 14.6. The van der Waals surface area contributed by atoms with Crippen molar-refractivity contribution in [2.24, 2.45) is 0 Å². The van der Waals surface area contributed by atoms with Crippen LogP contribution in [0.1, 0.15) is 73.1 Å². The van der Waals surface area contributed by atoms with Gasteiger partial charge in [0.05, 0.1) is 16.6 Å². The molecule has 1 fully saturated rings. The molecule has 0 radical (unpaired) electrons. The highest BCUT2D eigenvalue weighted by atomic mass is 16.6. The van der Waals surface area contributed by atoms with E-state index in [9.17, 15) is 14.4 Å². The average molecular weight is 615 g/mol. The second-order valence-electron chi connectivity index (χ2n) is 12.9. The number of amides is 1. The first-order chi connectivity index (χ1) is 21.3. The van der Waals surface area contributed by atoms with Crippen molar-refractivity contribution in [3.63, 3.8) is 0 Å². The minimum absolute atomic E-state index is 0.0473. The van der Waals surface area contributed by atoms with Crippen molar-refractivity contribution in [2.45, 2.75) is 78.1 Å². The van der Waals surface area contributed by atoms with E-state index in [2.05, 4.69) is 16.9 Å². The van der Waals surface area contributed by atoms with Gasteiger partial charge in [-0.1, -0.05) is 60.2 Å². The lowest BCUT2D eigenvalue weighted by Gasteiger charge is -2.38. The molecule has 0 aliphatic carbocycles. The highest BCUT2D eigenvalue weighted by molar-refractivity contribution is 5.89. The Kier molecular flexibility index (Phi) is 10.9. The van der Waals surface area contributed by atoms with Gasteiger partial charge >= 0.3 is 17.8 Å². The minimum atomic E-state index is -0.859. The number of nitrogens with zero attached hydrogens (tertiary/aromatic N) is 3. The second-order valence-corrected chi connectivity index (χ2v) is 12.9. The zero-order chi connectivity index (χ0) is 32.7. The number of aromatic amines is 1. The molecule has 2 heterocycles. The third kappa shape index (κ3) is 9.08. The van der Waals surface area contributed by atoms with Crippen LogP contribution in [0.4, 0.5) is 4.79 Å². The molecule has 2 unspecified atom stereocenters. The minimum Gasteiger partial charge on any atom is -0.478 e. The monoisotopic (exact) mass is 614 g/mol. The lowest BCUT2D eigenvalue weighted by molar-refractivity contribution is 0.0205. The number of rotatable bonds is 7. The molecule has 4 aromatic rings. The van der Waals surface area contributed by atoms with Crippen molar-refractivity contribution < 1.29 is 19.4 Å². The number of hydrogen-bond donors (Lipinski definition) is 2. The zero-order valence-electron chi connectivity index (χ0n) is 27.2. The van der Waals surface area contributed by atoms with E-state index in [1.807, 2.05) is 92.9 Å². The van der Waals surface area contributed by atoms with Gasteiger partial charge in [-0.15, -0.1) is 0 Å². The van der Waals surface area contributed by atoms with E-state index < -0.39 is 11.6 Å². The Labute approximate surface area is 265 Å². The van der Waals surface area contributed by atoms with E-state index >= 15 is 0 Å². The van der Waals surface area contributed by atoms with Crippen LogP contribution in [0.25, 0.3) is 11.0 Å². The molecular formula is C36H46N4O5. The van der Waals surface area contributed by atoms with Crippen LogP contribution in [-0.4, -0.2) is 68.3 Å². The highest BCUT2D eigenvalue weighted by Crippen LogP contribution is 2.29. The zero-order valence-corrected chi connectivity index (χ0v) is 27.2. The van der Waals surface area contributed by atoms with Gasteiger partial charge < -0.3 is 24.6 Å². The molecule has 0 saturated carbocycles. The molecular weight excluding hydrogens is 568 g/mol. The van der Waals surface area contributed by atoms with Crippen LogP contribution >= 0.6 is 0 Å². The summed E-state index contributed by atoms with van der Waals surface area (Å²) in [6.07, 6.45) is 2.32. The number of H-pyrrole nitrogens is 1. The van der Waals surface area contributed by atoms with Crippen LogP contribution in [0.5, 0.6) is 0 Å². The molecule has 1 amide bonds. The number of benzene rings is 3. The first kappa shape index (κ1) is 33.5. The maximum atomic E-state index is 13.0. The normalized spacial score (nSPS) is 16.9. The molecule has 3 aromatic carbocycles. The molecule has 2 N–H and O–H groups in total. The summed E-state index contributed by atoms with van der Waals surface area (Å²) in [4.78, 5) is 43.4. The van der Waals surface area contributed by atoms with E-state index in [-0.39, 0.29) is 23.9 Å². The van der Waals surface area contributed by atoms with Gasteiger partial charge in [-0.2, -0.15) is 0 Å². The van der Waals surface area contributed by atoms with Gasteiger partial charge in [0.2, 0.25) is 0 Å². The molecule has 1 aliphatic rings. The quantitative estimate of drug-likeness (QED) is 0.237. The number of carbonyl (C=O) groups excluding carboxylic acids is 1. The lowest BCUT2D eigenvalue weighted by atomic mass is 9.94. The fraction of sp³-hybridized carbons (Fsp3) is 0.417. The van der Waals surface area contributed by atoms with E-state index in [0.717, 1.165) is 53.5 Å². The van der Waals surface area contributed by atoms with Crippen molar-refractivity contribution in [3.8, 4) is 0 Å². The Morgan fingerprint density at radius 1 is 1.02 bits per heavy atom. The first-order valence-electron chi connectivity index (χ1n) is 15.5. The number of aromatic carboxylic acids is 1. The fourth-order valence-corrected chi connectivity index (χ4v) is 5.88. The third-order valence-electron chi connectivity index (χ3n) is 8.18. The van der Waals surface area contributed by atoms with Crippen molar-refractivity contribution in [1.29, 1.82) is 0 Å². The molecule has 45 heavy (non-hydrogen) atoms. The number of nitrogens with one attached hydrogen (secondary N) is 1. The Hall–Kier alpha value is -4.37. The average Bonchev–Trinajstić information content (AvgIpc) is 3.31. The van der Waals surface area contributed by atoms with Crippen LogP contribution < -0.4 is 5.69 Å². The summed E-state index contributed by atoms with van der Waals surface area (Å²) in [5.74, 6) is -0.859. The van der Waals surface area contributed by atoms with E-state index in [1.165, 1.54) is 0 Å².